The lowest BCUT2D eigenvalue weighted by Gasteiger charge is -2.11. The Labute approximate surface area is 127 Å². The zero-order chi connectivity index (χ0) is 15.4. The van der Waals surface area contributed by atoms with Gasteiger partial charge in [0.25, 0.3) is 0 Å². The van der Waals surface area contributed by atoms with Crippen molar-refractivity contribution in [2.75, 3.05) is 6.54 Å². The summed E-state index contributed by atoms with van der Waals surface area (Å²) < 4.78 is 2.14. The molecular weight excluding hydrogens is 260 g/mol. The first-order chi connectivity index (χ1) is 10.0. The minimum absolute atomic E-state index is 0.158. The molecule has 112 valence electrons. The van der Waals surface area contributed by atoms with Gasteiger partial charge in [-0.1, -0.05) is 25.1 Å². The van der Waals surface area contributed by atoms with Gasteiger partial charge in [0.05, 0.1) is 6.54 Å². The summed E-state index contributed by atoms with van der Waals surface area (Å²) in [5, 5.41) is 3.27. The fourth-order valence-electron chi connectivity index (χ4n) is 2.53. The summed E-state index contributed by atoms with van der Waals surface area (Å²) in [6.07, 6.45) is 1.02. The lowest BCUT2D eigenvalue weighted by Crippen LogP contribution is -2.31. The molecule has 1 heterocycles. The second kappa shape index (κ2) is 6.72. The number of aryl methyl sites for hydroxylation is 1. The largest absolute Gasteiger partial charge is 0.318 e. The number of carbonyl (C=O) groups excluding carboxylic acids is 1. The summed E-state index contributed by atoms with van der Waals surface area (Å²) in [5.41, 5.74) is 4.01. The van der Waals surface area contributed by atoms with Gasteiger partial charge < -0.3 is 9.88 Å². The molecule has 0 aliphatic carbocycles. The minimum atomic E-state index is 0.158. The normalized spacial score (nSPS) is 12.4. The summed E-state index contributed by atoms with van der Waals surface area (Å²) in [4.78, 5) is 12.4. The molecule has 0 fully saturated rings. The smallest absolute Gasteiger partial charge is 0.178 e. The molecule has 21 heavy (non-hydrogen) atoms. The van der Waals surface area contributed by atoms with Crippen LogP contribution in [0.25, 0.3) is 5.69 Å². The molecule has 3 heteroatoms. The summed E-state index contributed by atoms with van der Waals surface area (Å²) in [6, 6.07) is 12.5. The third kappa shape index (κ3) is 3.42. The van der Waals surface area contributed by atoms with Crippen LogP contribution < -0.4 is 5.32 Å². The SMILES string of the molecule is CCC(C)NCC(=O)c1cc(C)n(-c2ccccc2)c1C. The van der Waals surface area contributed by atoms with Gasteiger partial charge in [-0.15, -0.1) is 0 Å². The highest BCUT2D eigenvalue weighted by molar-refractivity contribution is 5.99. The molecule has 1 atom stereocenters. The Kier molecular flexibility index (Phi) is 4.97. The second-order valence-electron chi connectivity index (χ2n) is 5.57. The van der Waals surface area contributed by atoms with E-state index in [-0.39, 0.29) is 5.78 Å². The Hall–Kier alpha value is -1.87. The second-order valence-corrected chi connectivity index (χ2v) is 5.57. The molecule has 0 saturated heterocycles. The van der Waals surface area contributed by atoms with Crippen LogP contribution in [0.1, 0.15) is 42.0 Å². The Morgan fingerprint density at radius 3 is 2.52 bits per heavy atom. The number of nitrogens with one attached hydrogen (secondary N) is 1. The lowest BCUT2D eigenvalue weighted by atomic mass is 10.1. The highest BCUT2D eigenvalue weighted by atomic mass is 16.1. The van der Waals surface area contributed by atoms with Crippen LogP contribution in [0.4, 0.5) is 0 Å². The number of hydrogen-bond donors (Lipinski definition) is 1. The van der Waals surface area contributed by atoms with E-state index in [0.717, 1.165) is 29.1 Å². The first-order valence-corrected chi connectivity index (χ1v) is 7.55. The third-order valence-electron chi connectivity index (χ3n) is 3.97. The molecule has 2 aromatic rings. The first kappa shape index (κ1) is 15.5. The van der Waals surface area contributed by atoms with Crippen molar-refractivity contribution in [1.82, 2.24) is 9.88 Å². The van der Waals surface area contributed by atoms with E-state index in [9.17, 15) is 4.79 Å². The summed E-state index contributed by atoms with van der Waals surface area (Å²) in [5.74, 6) is 0.158. The van der Waals surface area contributed by atoms with Gasteiger partial charge in [-0.05, 0) is 45.4 Å². The van der Waals surface area contributed by atoms with E-state index in [1.807, 2.05) is 38.1 Å². The standard InChI is InChI=1S/C18H24N2O/c1-5-13(2)19-12-18(21)17-11-14(3)20(15(17)4)16-9-7-6-8-10-16/h6-11,13,19H,5,12H2,1-4H3. The van der Waals surface area contributed by atoms with Gasteiger partial charge in [-0.2, -0.15) is 0 Å². The molecule has 0 aliphatic heterocycles. The van der Waals surface area contributed by atoms with Crippen molar-refractivity contribution < 1.29 is 4.79 Å². The van der Waals surface area contributed by atoms with Crippen molar-refractivity contribution in [2.45, 2.75) is 40.2 Å². The molecule has 1 N–H and O–H groups in total. The van der Waals surface area contributed by atoms with E-state index in [0.29, 0.717) is 12.6 Å². The minimum Gasteiger partial charge on any atom is -0.318 e. The van der Waals surface area contributed by atoms with Crippen molar-refractivity contribution in [3.05, 3.63) is 53.3 Å². The van der Waals surface area contributed by atoms with Crippen LogP contribution in [-0.2, 0) is 0 Å². The zero-order valence-corrected chi connectivity index (χ0v) is 13.3. The Morgan fingerprint density at radius 2 is 1.90 bits per heavy atom. The fraction of sp³-hybridized carbons (Fsp3) is 0.389. The van der Waals surface area contributed by atoms with Gasteiger partial charge in [-0.3, -0.25) is 4.79 Å². The fourth-order valence-corrected chi connectivity index (χ4v) is 2.53. The van der Waals surface area contributed by atoms with E-state index >= 15 is 0 Å². The van der Waals surface area contributed by atoms with E-state index in [1.165, 1.54) is 0 Å². The highest BCUT2D eigenvalue weighted by Gasteiger charge is 2.16. The molecule has 0 amide bonds. The molecule has 1 aromatic heterocycles. The summed E-state index contributed by atoms with van der Waals surface area (Å²) in [6.45, 7) is 8.66. The van der Waals surface area contributed by atoms with Crippen molar-refractivity contribution in [3.8, 4) is 5.69 Å². The van der Waals surface area contributed by atoms with Crippen LogP contribution >= 0.6 is 0 Å². The molecule has 0 spiro atoms. The van der Waals surface area contributed by atoms with Crippen molar-refractivity contribution in [3.63, 3.8) is 0 Å². The van der Waals surface area contributed by atoms with Crippen molar-refractivity contribution in [2.24, 2.45) is 0 Å². The van der Waals surface area contributed by atoms with Gasteiger partial charge >= 0.3 is 0 Å². The Morgan fingerprint density at radius 1 is 1.24 bits per heavy atom. The maximum absolute atomic E-state index is 12.4. The predicted octanol–water partition coefficient (Wildman–Crippen LogP) is 3.66. The number of para-hydroxylation sites is 1. The van der Waals surface area contributed by atoms with Crippen LogP contribution in [0, 0.1) is 13.8 Å². The topological polar surface area (TPSA) is 34.0 Å². The van der Waals surface area contributed by atoms with E-state index in [1.54, 1.807) is 0 Å². The van der Waals surface area contributed by atoms with Crippen molar-refractivity contribution in [1.29, 1.82) is 0 Å². The number of aromatic nitrogens is 1. The number of carbonyl (C=O) groups is 1. The van der Waals surface area contributed by atoms with E-state index < -0.39 is 0 Å². The first-order valence-electron chi connectivity index (χ1n) is 7.55. The van der Waals surface area contributed by atoms with Gasteiger partial charge in [-0.25, -0.2) is 0 Å². The molecule has 0 radical (unpaired) electrons. The zero-order valence-electron chi connectivity index (χ0n) is 13.3. The molecule has 0 bridgehead atoms. The summed E-state index contributed by atoms with van der Waals surface area (Å²) >= 11 is 0. The molecule has 1 aromatic carbocycles. The molecule has 0 saturated carbocycles. The molecule has 2 rings (SSSR count). The maximum atomic E-state index is 12.4. The van der Waals surface area contributed by atoms with Crippen LogP contribution in [0.15, 0.2) is 36.4 Å². The van der Waals surface area contributed by atoms with Gasteiger partial charge in [0.15, 0.2) is 5.78 Å². The van der Waals surface area contributed by atoms with E-state index in [2.05, 4.69) is 35.9 Å². The number of rotatable bonds is 6. The van der Waals surface area contributed by atoms with Crippen LogP contribution in [-0.4, -0.2) is 22.9 Å². The number of Topliss-reactive ketones (excluding diaryl/α,β-unsaturated/α-hetero) is 1. The average Bonchev–Trinajstić information content (AvgIpc) is 2.80. The maximum Gasteiger partial charge on any atom is 0.178 e. The highest BCUT2D eigenvalue weighted by Crippen LogP contribution is 2.20. The molecular formula is C18H24N2O. The number of hydrogen-bond acceptors (Lipinski definition) is 2. The Bertz CT molecular complexity index is 614. The quantitative estimate of drug-likeness (QED) is 0.821. The van der Waals surface area contributed by atoms with Gasteiger partial charge in [0.2, 0.25) is 0 Å². The average molecular weight is 284 g/mol. The molecule has 0 aliphatic rings. The van der Waals surface area contributed by atoms with Crippen LogP contribution in [0.5, 0.6) is 0 Å². The predicted molar refractivity (Wildman–Crippen MR) is 87.3 cm³/mol. The van der Waals surface area contributed by atoms with Gasteiger partial charge in [0.1, 0.15) is 0 Å². The molecule has 3 nitrogen and oxygen atoms in total. The summed E-state index contributed by atoms with van der Waals surface area (Å²) in [7, 11) is 0. The van der Waals surface area contributed by atoms with Gasteiger partial charge in [0, 0.05) is 28.7 Å². The van der Waals surface area contributed by atoms with Crippen LogP contribution in [0.3, 0.4) is 0 Å². The third-order valence-corrected chi connectivity index (χ3v) is 3.97. The van der Waals surface area contributed by atoms with Crippen LogP contribution in [0.2, 0.25) is 0 Å². The van der Waals surface area contributed by atoms with E-state index in [4.69, 9.17) is 0 Å². The number of ketones is 1. The number of nitrogens with zero attached hydrogens (tertiary/aromatic N) is 1. The number of benzene rings is 1. The van der Waals surface area contributed by atoms with Crippen molar-refractivity contribution >= 4 is 5.78 Å². The molecule has 1 unspecified atom stereocenters. The lowest BCUT2D eigenvalue weighted by molar-refractivity contribution is 0.0987. The Balaban J connectivity index is 2.25. The monoisotopic (exact) mass is 284 g/mol.